The summed E-state index contributed by atoms with van der Waals surface area (Å²) in [7, 11) is 0. The molecule has 0 amide bonds. The molecule has 0 unspecified atom stereocenters. The molecule has 9 nitrogen and oxygen atoms in total. The maximum atomic E-state index is 12.6. The van der Waals surface area contributed by atoms with Crippen molar-refractivity contribution in [2.24, 2.45) is 0 Å². The van der Waals surface area contributed by atoms with Crippen molar-refractivity contribution in [2.75, 3.05) is 31.1 Å². The molecule has 28 heavy (non-hydrogen) atoms. The van der Waals surface area contributed by atoms with Gasteiger partial charge in [-0.25, -0.2) is 15.0 Å². The number of aromatic nitrogens is 6. The van der Waals surface area contributed by atoms with Gasteiger partial charge in [0.2, 0.25) is 5.89 Å². The molecule has 2 fully saturated rings. The highest BCUT2D eigenvalue weighted by molar-refractivity contribution is 5.83. The Labute approximate surface area is 157 Å². The Morgan fingerprint density at radius 3 is 2.50 bits per heavy atom. The zero-order valence-corrected chi connectivity index (χ0v) is 14.8. The van der Waals surface area contributed by atoms with Gasteiger partial charge < -0.3 is 13.9 Å². The van der Waals surface area contributed by atoms with Gasteiger partial charge in [-0.2, -0.15) is 13.2 Å². The van der Waals surface area contributed by atoms with Crippen molar-refractivity contribution in [3.05, 3.63) is 24.4 Å². The number of rotatable bonds is 4. The topological polar surface area (TPSA) is 89.0 Å². The zero-order valence-electron chi connectivity index (χ0n) is 14.8. The minimum absolute atomic E-state index is 0.0339. The Kier molecular flexibility index (Phi) is 3.96. The van der Waals surface area contributed by atoms with Crippen LogP contribution in [0.15, 0.2) is 17.1 Å². The van der Waals surface area contributed by atoms with E-state index in [4.69, 9.17) is 4.42 Å². The Hall–Kier alpha value is -2.76. The number of piperazine rings is 1. The van der Waals surface area contributed by atoms with Crippen LogP contribution in [0.3, 0.4) is 0 Å². The zero-order chi connectivity index (χ0) is 19.3. The Morgan fingerprint density at radius 2 is 1.82 bits per heavy atom. The fraction of sp³-hybridized carbons (Fsp3) is 0.562. The molecular formula is C16H17F3N8O. The highest BCUT2D eigenvalue weighted by Crippen LogP contribution is 2.37. The summed E-state index contributed by atoms with van der Waals surface area (Å²) in [4.78, 5) is 17.4. The lowest BCUT2D eigenvalue weighted by molar-refractivity contribution is -0.157. The molecule has 1 aliphatic carbocycles. The summed E-state index contributed by atoms with van der Waals surface area (Å²) in [6.45, 7) is 2.80. The van der Waals surface area contributed by atoms with Crippen LogP contribution < -0.4 is 4.90 Å². The second kappa shape index (κ2) is 6.40. The number of hydrogen-bond donors (Lipinski definition) is 0. The van der Waals surface area contributed by atoms with Gasteiger partial charge in [0.1, 0.15) is 6.33 Å². The van der Waals surface area contributed by atoms with Crippen LogP contribution in [0.4, 0.5) is 19.0 Å². The molecule has 0 spiro atoms. The summed E-state index contributed by atoms with van der Waals surface area (Å²) in [6, 6.07) is 0.487. The first-order chi connectivity index (χ1) is 13.5. The minimum Gasteiger partial charge on any atom is -0.416 e. The van der Waals surface area contributed by atoms with Gasteiger partial charge in [-0.15, -0.1) is 10.2 Å². The van der Waals surface area contributed by atoms with Gasteiger partial charge in [0.05, 0.1) is 12.9 Å². The lowest BCUT2D eigenvalue weighted by atomic mass is 10.3. The molecule has 0 atom stereocenters. The van der Waals surface area contributed by atoms with Gasteiger partial charge in [-0.1, -0.05) is 0 Å². The highest BCUT2D eigenvalue weighted by atomic mass is 19.4. The van der Waals surface area contributed by atoms with Crippen LogP contribution >= 0.6 is 0 Å². The minimum atomic E-state index is -4.62. The first-order valence-electron chi connectivity index (χ1n) is 9.03. The van der Waals surface area contributed by atoms with Crippen molar-refractivity contribution in [3.8, 4) is 0 Å². The third-order valence-corrected chi connectivity index (χ3v) is 5.02. The van der Waals surface area contributed by atoms with E-state index in [1.165, 1.54) is 0 Å². The fourth-order valence-corrected chi connectivity index (χ4v) is 3.43. The third kappa shape index (κ3) is 3.17. The summed E-state index contributed by atoms with van der Waals surface area (Å²) in [5.41, 5.74) is 1.63. The summed E-state index contributed by atoms with van der Waals surface area (Å²) in [6.07, 6.45) is 1.06. The van der Waals surface area contributed by atoms with E-state index in [-0.39, 0.29) is 12.4 Å². The molecule has 3 aromatic rings. The molecular weight excluding hydrogens is 377 g/mol. The van der Waals surface area contributed by atoms with E-state index < -0.39 is 12.1 Å². The second-order valence-electron chi connectivity index (χ2n) is 7.01. The molecule has 0 radical (unpaired) electrons. The Morgan fingerprint density at radius 1 is 1.04 bits per heavy atom. The maximum Gasteiger partial charge on any atom is 0.470 e. The molecule has 1 aliphatic heterocycles. The normalized spacial score (nSPS) is 18.9. The molecule has 0 bridgehead atoms. The van der Waals surface area contributed by atoms with E-state index in [0.29, 0.717) is 32.2 Å². The molecule has 1 saturated carbocycles. The SMILES string of the molecule is FC(F)(F)c1nnc(CN2CCN(c3ncnc4c3ncn4C3CC3)CC2)o1. The molecule has 3 aromatic heterocycles. The number of hydrogen-bond acceptors (Lipinski definition) is 8. The summed E-state index contributed by atoms with van der Waals surface area (Å²) >= 11 is 0. The lowest BCUT2D eigenvalue weighted by Crippen LogP contribution is -2.46. The van der Waals surface area contributed by atoms with E-state index >= 15 is 0 Å². The van der Waals surface area contributed by atoms with Crippen molar-refractivity contribution in [3.63, 3.8) is 0 Å². The van der Waals surface area contributed by atoms with E-state index in [2.05, 4.69) is 34.6 Å². The van der Waals surface area contributed by atoms with Crippen molar-refractivity contribution >= 4 is 17.0 Å². The van der Waals surface area contributed by atoms with Crippen LogP contribution in [-0.4, -0.2) is 60.8 Å². The fourth-order valence-electron chi connectivity index (χ4n) is 3.43. The van der Waals surface area contributed by atoms with Crippen molar-refractivity contribution in [1.82, 2.24) is 34.6 Å². The quantitative estimate of drug-likeness (QED) is 0.663. The number of anilines is 1. The first-order valence-corrected chi connectivity index (χ1v) is 9.03. The van der Waals surface area contributed by atoms with Gasteiger partial charge in [0, 0.05) is 32.2 Å². The van der Waals surface area contributed by atoms with Crippen LogP contribution in [0, 0.1) is 0 Å². The van der Waals surface area contributed by atoms with E-state index in [9.17, 15) is 13.2 Å². The highest BCUT2D eigenvalue weighted by Gasteiger charge is 2.38. The van der Waals surface area contributed by atoms with E-state index in [0.717, 1.165) is 29.8 Å². The monoisotopic (exact) mass is 394 g/mol. The maximum absolute atomic E-state index is 12.6. The number of alkyl halides is 3. The molecule has 2 aliphatic rings. The molecule has 5 rings (SSSR count). The van der Waals surface area contributed by atoms with Crippen LogP contribution in [0.2, 0.25) is 0 Å². The van der Waals surface area contributed by atoms with Crippen molar-refractivity contribution in [1.29, 1.82) is 0 Å². The van der Waals surface area contributed by atoms with Gasteiger partial charge in [-0.05, 0) is 12.8 Å². The number of imidazole rings is 1. The summed E-state index contributed by atoms with van der Waals surface area (Å²) in [5, 5.41) is 6.56. The predicted molar refractivity (Wildman–Crippen MR) is 90.4 cm³/mol. The van der Waals surface area contributed by atoms with Crippen LogP contribution in [-0.2, 0) is 12.7 Å². The number of fused-ring (bicyclic) bond motifs is 1. The average Bonchev–Trinajstić information content (AvgIpc) is 3.23. The summed E-state index contributed by atoms with van der Waals surface area (Å²) in [5.74, 6) is -0.551. The number of nitrogens with zero attached hydrogens (tertiary/aromatic N) is 8. The molecule has 0 N–H and O–H groups in total. The Bertz CT molecular complexity index is 987. The van der Waals surface area contributed by atoms with E-state index in [1.807, 2.05) is 11.2 Å². The molecule has 12 heteroatoms. The van der Waals surface area contributed by atoms with Crippen molar-refractivity contribution < 1.29 is 17.6 Å². The van der Waals surface area contributed by atoms with Crippen LogP contribution in [0.25, 0.3) is 11.2 Å². The van der Waals surface area contributed by atoms with Crippen LogP contribution in [0.1, 0.15) is 30.7 Å². The Balaban J connectivity index is 1.26. The molecule has 0 aromatic carbocycles. The van der Waals surface area contributed by atoms with Gasteiger partial charge in [0.15, 0.2) is 17.0 Å². The molecule has 4 heterocycles. The standard InChI is InChI=1S/C16H17F3N8O/c17-16(18,19)15-24-23-11(28-15)7-25-3-5-26(6-4-25)13-12-14(21-8-20-13)27(9-22-12)10-1-2-10/h8-10H,1-7H2. The second-order valence-corrected chi connectivity index (χ2v) is 7.01. The van der Waals surface area contributed by atoms with Gasteiger partial charge >= 0.3 is 12.1 Å². The first kappa shape index (κ1) is 17.3. The third-order valence-electron chi connectivity index (χ3n) is 5.02. The van der Waals surface area contributed by atoms with E-state index in [1.54, 1.807) is 6.33 Å². The van der Waals surface area contributed by atoms with Gasteiger partial charge in [-0.3, -0.25) is 4.90 Å². The smallest absolute Gasteiger partial charge is 0.416 e. The number of halogens is 3. The molecule has 1 saturated heterocycles. The average molecular weight is 394 g/mol. The molecule has 148 valence electrons. The van der Waals surface area contributed by atoms with Gasteiger partial charge in [0.25, 0.3) is 0 Å². The largest absolute Gasteiger partial charge is 0.470 e. The predicted octanol–water partition coefficient (Wildman–Crippen LogP) is 1.89. The van der Waals surface area contributed by atoms with Crippen LogP contribution in [0.5, 0.6) is 0 Å². The van der Waals surface area contributed by atoms with Crippen molar-refractivity contribution in [2.45, 2.75) is 31.6 Å². The lowest BCUT2D eigenvalue weighted by Gasteiger charge is -2.34. The summed E-state index contributed by atoms with van der Waals surface area (Å²) < 4.78 is 44.5.